The minimum absolute atomic E-state index is 0.104. The van der Waals surface area contributed by atoms with E-state index in [1.165, 1.54) is 11.1 Å². The molecule has 1 N–H and O–H groups in total. The lowest BCUT2D eigenvalue weighted by Crippen LogP contribution is -2.27. The van der Waals surface area contributed by atoms with E-state index in [1.807, 2.05) is 12.1 Å². The predicted octanol–water partition coefficient (Wildman–Crippen LogP) is 3.25. The Bertz CT molecular complexity index is 711. The summed E-state index contributed by atoms with van der Waals surface area (Å²) in [5.41, 5.74) is 4.10. The number of nitrogens with one attached hydrogen (secondary N) is 1. The number of hydrogen-bond acceptors (Lipinski definition) is 3. The molecule has 0 saturated carbocycles. The summed E-state index contributed by atoms with van der Waals surface area (Å²) in [5, 5.41) is 2.59. The molecular weight excluding hydrogens is 332 g/mol. The Hall–Kier alpha value is -2.27. The molecule has 132 valence electrons. The third-order valence-electron chi connectivity index (χ3n) is 3.90. The number of carbonyl (C=O) groups excluding carboxylic acids is 2. The molecule has 0 radical (unpaired) electrons. The van der Waals surface area contributed by atoms with Gasteiger partial charge < -0.3 is 10.2 Å². The maximum atomic E-state index is 12.3. The van der Waals surface area contributed by atoms with Crippen LogP contribution in [-0.4, -0.2) is 36.6 Å². The summed E-state index contributed by atoms with van der Waals surface area (Å²) in [6.07, 6.45) is 0. The number of nitrogens with zero attached hydrogens (tertiary/aromatic N) is 1. The van der Waals surface area contributed by atoms with Crippen molar-refractivity contribution >= 4 is 23.6 Å². The first kappa shape index (κ1) is 19.1. The normalized spacial score (nSPS) is 10.4. The van der Waals surface area contributed by atoms with Crippen molar-refractivity contribution in [3.8, 4) is 0 Å². The molecule has 5 heteroatoms. The van der Waals surface area contributed by atoms with Crippen LogP contribution in [0.5, 0.6) is 0 Å². The number of benzene rings is 2. The Labute approximate surface area is 153 Å². The van der Waals surface area contributed by atoms with Crippen LogP contribution >= 0.6 is 11.8 Å². The van der Waals surface area contributed by atoms with Gasteiger partial charge in [0.05, 0.1) is 5.75 Å². The first-order valence-corrected chi connectivity index (χ1v) is 9.33. The maximum absolute atomic E-state index is 12.3. The Morgan fingerprint density at radius 3 is 2.20 bits per heavy atom. The fraction of sp³-hybridized carbons (Fsp3) is 0.300. The molecule has 0 saturated heterocycles. The van der Waals surface area contributed by atoms with Crippen LogP contribution < -0.4 is 5.32 Å². The van der Waals surface area contributed by atoms with Gasteiger partial charge in [-0.15, -0.1) is 11.8 Å². The Balaban J connectivity index is 1.79. The van der Waals surface area contributed by atoms with Gasteiger partial charge in [0.15, 0.2) is 0 Å². The molecule has 2 rings (SSSR count). The molecule has 0 unspecified atom stereocenters. The molecule has 2 aromatic rings. The van der Waals surface area contributed by atoms with Crippen LogP contribution in [0.3, 0.4) is 0 Å². The smallest absolute Gasteiger partial charge is 0.251 e. The monoisotopic (exact) mass is 356 g/mol. The van der Waals surface area contributed by atoms with Gasteiger partial charge in [0, 0.05) is 32.0 Å². The molecule has 25 heavy (non-hydrogen) atoms. The van der Waals surface area contributed by atoms with E-state index in [0.29, 0.717) is 17.9 Å². The van der Waals surface area contributed by atoms with E-state index in [-0.39, 0.29) is 11.8 Å². The van der Waals surface area contributed by atoms with Gasteiger partial charge in [0.2, 0.25) is 5.91 Å². The van der Waals surface area contributed by atoms with Gasteiger partial charge in [-0.1, -0.05) is 42.0 Å². The van der Waals surface area contributed by atoms with Gasteiger partial charge in [-0.05, 0) is 30.2 Å². The zero-order valence-corrected chi connectivity index (χ0v) is 15.7. The van der Waals surface area contributed by atoms with E-state index in [1.54, 1.807) is 42.9 Å². The van der Waals surface area contributed by atoms with Gasteiger partial charge in [-0.25, -0.2) is 0 Å². The molecule has 4 nitrogen and oxygen atoms in total. The fourth-order valence-electron chi connectivity index (χ4n) is 2.32. The number of rotatable bonds is 7. The SMILES string of the molecule is CNC(=O)c1ccc(CN(C)C(=O)CSCc2ccc(C)cc2)cc1. The second-order valence-corrected chi connectivity index (χ2v) is 6.99. The van der Waals surface area contributed by atoms with Crippen LogP contribution in [0.25, 0.3) is 0 Å². The van der Waals surface area contributed by atoms with E-state index >= 15 is 0 Å². The molecule has 2 amide bonds. The number of amides is 2. The largest absolute Gasteiger partial charge is 0.355 e. The molecule has 0 atom stereocenters. The zero-order chi connectivity index (χ0) is 18.2. The molecule has 0 fully saturated rings. The molecule has 0 bridgehead atoms. The minimum Gasteiger partial charge on any atom is -0.355 e. The molecule has 0 aliphatic heterocycles. The quantitative estimate of drug-likeness (QED) is 0.828. The summed E-state index contributed by atoms with van der Waals surface area (Å²) in [4.78, 5) is 25.5. The number of hydrogen-bond donors (Lipinski definition) is 1. The molecule has 0 heterocycles. The van der Waals surface area contributed by atoms with Crippen molar-refractivity contribution in [2.45, 2.75) is 19.2 Å². The summed E-state index contributed by atoms with van der Waals surface area (Å²) in [5.74, 6) is 1.29. The highest BCUT2D eigenvalue weighted by molar-refractivity contribution is 7.99. The summed E-state index contributed by atoms with van der Waals surface area (Å²) in [6, 6.07) is 15.7. The van der Waals surface area contributed by atoms with E-state index < -0.39 is 0 Å². The molecular formula is C20H24N2O2S. The van der Waals surface area contributed by atoms with E-state index in [0.717, 1.165) is 11.3 Å². The van der Waals surface area contributed by atoms with Gasteiger partial charge in [0.25, 0.3) is 5.91 Å². The number of carbonyl (C=O) groups is 2. The number of aryl methyl sites for hydroxylation is 1. The van der Waals surface area contributed by atoms with E-state index in [4.69, 9.17) is 0 Å². The highest BCUT2D eigenvalue weighted by Crippen LogP contribution is 2.14. The van der Waals surface area contributed by atoms with Crippen molar-refractivity contribution in [3.05, 3.63) is 70.8 Å². The minimum atomic E-state index is -0.108. The molecule has 0 aliphatic rings. The van der Waals surface area contributed by atoms with Crippen LogP contribution in [0.2, 0.25) is 0 Å². The molecule has 0 spiro atoms. The lowest BCUT2D eigenvalue weighted by atomic mass is 10.1. The third-order valence-corrected chi connectivity index (χ3v) is 4.89. The highest BCUT2D eigenvalue weighted by Gasteiger charge is 2.10. The predicted molar refractivity (Wildman–Crippen MR) is 104 cm³/mol. The summed E-state index contributed by atoms with van der Waals surface area (Å²) in [6.45, 7) is 2.61. The van der Waals surface area contributed by atoms with Gasteiger partial charge in [-0.2, -0.15) is 0 Å². The van der Waals surface area contributed by atoms with Crippen LogP contribution in [0.1, 0.15) is 27.0 Å². The summed E-state index contributed by atoms with van der Waals surface area (Å²) in [7, 11) is 3.42. The van der Waals surface area contributed by atoms with Crippen molar-refractivity contribution in [2.24, 2.45) is 0 Å². The van der Waals surface area contributed by atoms with Crippen molar-refractivity contribution in [2.75, 3.05) is 19.8 Å². The van der Waals surface area contributed by atoms with Gasteiger partial charge >= 0.3 is 0 Å². The fourth-order valence-corrected chi connectivity index (χ4v) is 3.24. The first-order valence-electron chi connectivity index (χ1n) is 8.18. The van der Waals surface area contributed by atoms with E-state index in [9.17, 15) is 9.59 Å². The number of thioether (sulfide) groups is 1. The summed E-state index contributed by atoms with van der Waals surface area (Å²) < 4.78 is 0. The standard InChI is InChI=1S/C20H24N2O2S/c1-15-4-6-17(7-5-15)13-25-14-19(23)22(3)12-16-8-10-18(11-9-16)20(24)21-2/h4-11H,12-14H2,1-3H3,(H,21,24). The Morgan fingerprint density at radius 2 is 1.60 bits per heavy atom. The molecule has 0 aromatic heterocycles. The van der Waals surface area contributed by atoms with Crippen molar-refractivity contribution in [1.29, 1.82) is 0 Å². The lowest BCUT2D eigenvalue weighted by Gasteiger charge is -2.17. The molecule has 0 aliphatic carbocycles. The molecule has 2 aromatic carbocycles. The Morgan fingerprint density at radius 1 is 1.00 bits per heavy atom. The average molecular weight is 356 g/mol. The van der Waals surface area contributed by atoms with Crippen LogP contribution in [0, 0.1) is 6.92 Å². The van der Waals surface area contributed by atoms with Crippen molar-refractivity contribution in [1.82, 2.24) is 10.2 Å². The zero-order valence-electron chi connectivity index (χ0n) is 14.9. The topological polar surface area (TPSA) is 49.4 Å². The van der Waals surface area contributed by atoms with Crippen LogP contribution in [0.15, 0.2) is 48.5 Å². The maximum Gasteiger partial charge on any atom is 0.251 e. The first-order chi connectivity index (χ1) is 12.0. The third kappa shape index (κ3) is 5.94. The second kappa shape index (κ2) is 9.28. The van der Waals surface area contributed by atoms with Crippen LogP contribution in [0.4, 0.5) is 0 Å². The second-order valence-electron chi connectivity index (χ2n) is 6.00. The summed E-state index contributed by atoms with van der Waals surface area (Å²) >= 11 is 1.62. The van der Waals surface area contributed by atoms with E-state index in [2.05, 4.69) is 36.5 Å². The van der Waals surface area contributed by atoms with Crippen molar-refractivity contribution < 1.29 is 9.59 Å². The van der Waals surface area contributed by atoms with Gasteiger partial charge in [0.1, 0.15) is 0 Å². The average Bonchev–Trinajstić information content (AvgIpc) is 2.63. The van der Waals surface area contributed by atoms with Crippen molar-refractivity contribution in [3.63, 3.8) is 0 Å². The Kier molecular flexibility index (Phi) is 7.07. The van der Waals surface area contributed by atoms with Crippen LogP contribution in [-0.2, 0) is 17.1 Å². The van der Waals surface area contributed by atoms with Gasteiger partial charge in [-0.3, -0.25) is 9.59 Å². The lowest BCUT2D eigenvalue weighted by molar-refractivity contribution is -0.127. The highest BCUT2D eigenvalue weighted by atomic mass is 32.2.